The van der Waals surface area contributed by atoms with Gasteiger partial charge in [0.1, 0.15) is 0 Å². The molecule has 12 heteroatoms. The second-order valence-electron chi connectivity index (χ2n) is 7.20. The molecule has 174 valence electrons. The minimum absolute atomic E-state index is 0.222. The van der Waals surface area contributed by atoms with E-state index in [1.165, 1.54) is 26.9 Å². The van der Waals surface area contributed by atoms with Crippen molar-refractivity contribution in [2.24, 2.45) is 4.99 Å². The molecule has 33 heavy (non-hydrogen) atoms. The number of nitrogens with zero attached hydrogens (tertiary/aromatic N) is 3. The lowest BCUT2D eigenvalue weighted by Crippen LogP contribution is -2.52. The van der Waals surface area contributed by atoms with Gasteiger partial charge in [-0.3, -0.25) is 4.57 Å². The summed E-state index contributed by atoms with van der Waals surface area (Å²) in [5, 5.41) is 0.512. The number of amides is 2. The SMILES string of the molecule is Cc1cn(-c2ccc3c(c2)OC(F)(F)C(F)(F)O3)/c(=N/C(=O)N(C)Cc2ccccc2Cl)s1. The summed E-state index contributed by atoms with van der Waals surface area (Å²) in [6.07, 6.45) is -8.01. The number of hydrogen-bond acceptors (Lipinski definition) is 4. The molecular weight excluding hydrogens is 486 g/mol. The zero-order valence-electron chi connectivity index (χ0n) is 17.2. The molecule has 0 unspecified atom stereocenters. The highest BCUT2D eigenvalue weighted by atomic mass is 35.5. The van der Waals surface area contributed by atoms with E-state index in [-0.39, 0.29) is 17.0 Å². The number of carbonyl (C=O) groups excluding carboxylic acids is 1. The summed E-state index contributed by atoms with van der Waals surface area (Å²) in [5.41, 5.74) is 1.01. The number of ether oxygens (including phenoxy) is 2. The van der Waals surface area contributed by atoms with Crippen LogP contribution in [-0.2, 0) is 6.54 Å². The van der Waals surface area contributed by atoms with E-state index in [1.807, 2.05) is 0 Å². The Balaban J connectivity index is 1.65. The van der Waals surface area contributed by atoms with Gasteiger partial charge in [0.25, 0.3) is 0 Å². The summed E-state index contributed by atoms with van der Waals surface area (Å²) in [6, 6.07) is 10.1. The summed E-state index contributed by atoms with van der Waals surface area (Å²) in [6.45, 7) is 1.99. The number of alkyl halides is 4. The van der Waals surface area contributed by atoms with Crippen LogP contribution in [0.15, 0.2) is 53.7 Å². The van der Waals surface area contributed by atoms with Gasteiger partial charge in [-0.2, -0.15) is 22.6 Å². The highest BCUT2D eigenvalue weighted by molar-refractivity contribution is 7.09. The van der Waals surface area contributed by atoms with Gasteiger partial charge in [-0.15, -0.1) is 11.3 Å². The predicted molar refractivity (Wildman–Crippen MR) is 113 cm³/mol. The van der Waals surface area contributed by atoms with Crippen molar-refractivity contribution in [3.8, 4) is 17.2 Å². The maximum Gasteiger partial charge on any atom is 0.507 e. The molecule has 3 aromatic rings. The Kier molecular flexibility index (Phi) is 5.87. The van der Waals surface area contributed by atoms with Gasteiger partial charge in [-0.05, 0) is 30.7 Å². The van der Waals surface area contributed by atoms with E-state index in [1.54, 1.807) is 44.4 Å². The Hall–Kier alpha value is -3.05. The van der Waals surface area contributed by atoms with E-state index in [9.17, 15) is 22.4 Å². The molecule has 6 nitrogen and oxygen atoms in total. The van der Waals surface area contributed by atoms with E-state index in [2.05, 4.69) is 14.5 Å². The molecule has 0 saturated heterocycles. The molecule has 0 aliphatic carbocycles. The number of aromatic nitrogens is 1. The lowest BCUT2D eigenvalue weighted by Gasteiger charge is -2.31. The van der Waals surface area contributed by atoms with Crippen molar-refractivity contribution in [2.45, 2.75) is 25.7 Å². The van der Waals surface area contributed by atoms with Crippen LogP contribution in [0.5, 0.6) is 11.5 Å². The minimum atomic E-state index is -4.83. The third-order valence-corrected chi connectivity index (χ3v) is 5.94. The third-order valence-electron chi connectivity index (χ3n) is 4.67. The largest absolute Gasteiger partial charge is 0.507 e. The summed E-state index contributed by atoms with van der Waals surface area (Å²) in [5.74, 6) is -1.09. The maximum atomic E-state index is 13.6. The molecule has 0 fully saturated rings. The number of thiazole rings is 1. The second-order valence-corrected chi connectivity index (χ2v) is 8.83. The number of rotatable bonds is 3. The van der Waals surface area contributed by atoms with Crippen LogP contribution in [0.3, 0.4) is 0 Å². The topological polar surface area (TPSA) is 56.1 Å². The van der Waals surface area contributed by atoms with Gasteiger partial charge in [0.2, 0.25) is 0 Å². The van der Waals surface area contributed by atoms with E-state index in [0.29, 0.717) is 5.02 Å². The van der Waals surface area contributed by atoms with Gasteiger partial charge < -0.3 is 14.4 Å². The Morgan fingerprint density at radius 2 is 1.79 bits per heavy atom. The molecule has 2 heterocycles. The number of aryl methyl sites for hydroxylation is 1. The summed E-state index contributed by atoms with van der Waals surface area (Å²) >= 11 is 7.33. The first kappa shape index (κ1) is 23.1. The van der Waals surface area contributed by atoms with Crippen molar-refractivity contribution in [3.63, 3.8) is 0 Å². The van der Waals surface area contributed by atoms with Crippen LogP contribution in [0, 0.1) is 6.92 Å². The van der Waals surface area contributed by atoms with Crippen LogP contribution in [0.4, 0.5) is 22.4 Å². The fraction of sp³-hybridized carbons (Fsp3) is 0.238. The summed E-state index contributed by atoms with van der Waals surface area (Å²) in [7, 11) is 1.56. The van der Waals surface area contributed by atoms with Crippen molar-refractivity contribution < 1.29 is 31.8 Å². The second kappa shape index (κ2) is 8.38. The molecule has 2 aromatic carbocycles. The zero-order valence-corrected chi connectivity index (χ0v) is 18.8. The van der Waals surface area contributed by atoms with Crippen LogP contribution in [0.25, 0.3) is 5.69 Å². The molecule has 0 N–H and O–H groups in total. The first-order chi connectivity index (χ1) is 15.5. The van der Waals surface area contributed by atoms with Gasteiger partial charge in [-0.1, -0.05) is 29.8 Å². The van der Waals surface area contributed by atoms with E-state index >= 15 is 0 Å². The number of benzene rings is 2. The lowest BCUT2D eigenvalue weighted by atomic mass is 10.2. The van der Waals surface area contributed by atoms with Gasteiger partial charge in [-0.25, -0.2) is 4.79 Å². The molecule has 1 aliphatic rings. The van der Waals surface area contributed by atoms with Crippen LogP contribution >= 0.6 is 22.9 Å². The predicted octanol–water partition coefficient (Wildman–Crippen LogP) is 5.61. The first-order valence-corrected chi connectivity index (χ1v) is 10.7. The number of carbonyl (C=O) groups is 1. The fourth-order valence-corrected chi connectivity index (χ4v) is 4.06. The normalized spacial score (nSPS) is 16.5. The molecule has 1 aliphatic heterocycles. The molecule has 0 radical (unpaired) electrons. The molecule has 0 bridgehead atoms. The molecule has 0 atom stereocenters. The Labute approximate surface area is 194 Å². The van der Waals surface area contributed by atoms with E-state index in [4.69, 9.17) is 11.6 Å². The van der Waals surface area contributed by atoms with Crippen molar-refractivity contribution in [2.75, 3.05) is 7.05 Å². The average molecular weight is 502 g/mol. The summed E-state index contributed by atoms with van der Waals surface area (Å²) in [4.78, 5) is 19.2. The van der Waals surface area contributed by atoms with Gasteiger partial charge in [0.15, 0.2) is 16.3 Å². The quantitative estimate of drug-likeness (QED) is 0.438. The molecule has 1 aromatic heterocycles. The van der Waals surface area contributed by atoms with E-state index in [0.717, 1.165) is 22.6 Å². The van der Waals surface area contributed by atoms with Gasteiger partial charge in [0.05, 0.1) is 5.69 Å². The fourth-order valence-electron chi connectivity index (χ4n) is 3.04. The molecule has 0 spiro atoms. The Morgan fingerprint density at radius 3 is 2.48 bits per heavy atom. The van der Waals surface area contributed by atoms with Crippen molar-refractivity contribution >= 4 is 29.0 Å². The molecule has 2 amide bonds. The van der Waals surface area contributed by atoms with Crippen molar-refractivity contribution in [3.05, 3.63) is 68.9 Å². The van der Waals surface area contributed by atoms with Crippen molar-refractivity contribution in [1.82, 2.24) is 9.47 Å². The third kappa shape index (κ3) is 4.55. The van der Waals surface area contributed by atoms with Gasteiger partial charge >= 0.3 is 18.2 Å². The van der Waals surface area contributed by atoms with Crippen LogP contribution in [0.1, 0.15) is 10.4 Å². The number of fused-ring (bicyclic) bond motifs is 1. The standard InChI is InChI=1S/C21H16ClF4N3O3S/c1-12-10-29(14-7-8-16-17(9-14)32-21(25,26)20(23,24)31-16)19(33-12)27-18(30)28(2)11-13-5-3-4-6-15(13)22/h3-10H,11H2,1-2H3/b27-19-. The highest BCUT2D eigenvalue weighted by Crippen LogP contribution is 2.47. The smallest absolute Gasteiger partial charge is 0.421 e. The Morgan fingerprint density at radius 1 is 1.12 bits per heavy atom. The van der Waals surface area contributed by atoms with Gasteiger partial charge in [0, 0.05) is 35.8 Å². The average Bonchev–Trinajstić information content (AvgIpc) is 3.09. The summed E-state index contributed by atoms with van der Waals surface area (Å²) < 4.78 is 63.7. The van der Waals surface area contributed by atoms with Crippen LogP contribution in [-0.4, -0.2) is 34.8 Å². The number of hydrogen-bond donors (Lipinski definition) is 0. The molecule has 0 saturated carbocycles. The van der Waals surface area contributed by atoms with Crippen LogP contribution in [0.2, 0.25) is 5.02 Å². The van der Waals surface area contributed by atoms with Crippen LogP contribution < -0.4 is 14.3 Å². The minimum Gasteiger partial charge on any atom is -0.421 e. The zero-order chi connectivity index (χ0) is 24.0. The Bertz CT molecular complexity index is 1290. The highest BCUT2D eigenvalue weighted by Gasteiger charge is 2.65. The number of halogens is 5. The monoisotopic (exact) mass is 501 g/mol. The van der Waals surface area contributed by atoms with E-state index < -0.39 is 29.7 Å². The maximum absolute atomic E-state index is 13.6. The lowest BCUT2D eigenvalue weighted by molar-refractivity contribution is -0.391. The number of urea groups is 1. The first-order valence-electron chi connectivity index (χ1n) is 9.47. The molecular formula is C21H16ClF4N3O3S. The van der Waals surface area contributed by atoms with Crippen molar-refractivity contribution in [1.29, 1.82) is 0 Å². The molecule has 4 rings (SSSR count).